The van der Waals surface area contributed by atoms with E-state index in [-0.39, 0.29) is 18.8 Å². The molecular formula is C28H23FN4O3. The van der Waals surface area contributed by atoms with Crippen molar-refractivity contribution in [3.63, 3.8) is 0 Å². The van der Waals surface area contributed by atoms with Crippen LogP contribution in [-0.4, -0.2) is 32.3 Å². The average molecular weight is 483 g/mol. The van der Waals surface area contributed by atoms with Gasteiger partial charge in [0, 0.05) is 42.2 Å². The van der Waals surface area contributed by atoms with Crippen molar-refractivity contribution >= 4 is 16.9 Å². The number of carbonyl (C=O) groups excluding carboxylic acids is 1. The molecular weight excluding hydrogens is 459 g/mol. The van der Waals surface area contributed by atoms with Gasteiger partial charge in [-0.3, -0.25) is 9.67 Å². The van der Waals surface area contributed by atoms with E-state index in [1.54, 1.807) is 36.1 Å². The van der Waals surface area contributed by atoms with Crippen LogP contribution in [0.3, 0.4) is 0 Å². The van der Waals surface area contributed by atoms with Crippen LogP contribution in [0.4, 0.5) is 4.39 Å². The number of hydrogen-bond donors (Lipinski definition) is 0. The largest absolute Gasteiger partial charge is 0.487 e. The molecule has 0 radical (unpaired) electrons. The van der Waals surface area contributed by atoms with Gasteiger partial charge >= 0.3 is 5.97 Å². The average Bonchev–Trinajstić information content (AvgIpc) is 3.29. The molecule has 5 aromatic rings. The van der Waals surface area contributed by atoms with Crippen LogP contribution in [0.5, 0.6) is 5.75 Å². The van der Waals surface area contributed by atoms with Crippen molar-refractivity contribution in [1.82, 2.24) is 19.7 Å². The van der Waals surface area contributed by atoms with Crippen molar-refractivity contribution in [1.29, 1.82) is 0 Å². The molecule has 5 rings (SSSR count). The van der Waals surface area contributed by atoms with Gasteiger partial charge in [0.05, 0.1) is 23.4 Å². The number of benzene rings is 2. The summed E-state index contributed by atoms with van der Waals surface area (Å²) in [6.45, 7) is 2.07. The Hall–Kier alpha value is -4.59. The number of aromatic nitrogens is 4. The van der Waals surface area contributed by atoms with Crippen molar-refractivity contribution in [3.8, 4) is 28.1 Å². The number of fused-ring (bicyclic) bond motifs is 1. The third kappa shape index (κ3) is 4.79. The zero-order valence-corrected chi connectivity index (χ0v) is 19.8. The van der Waals surface area contributed by atoms with E-state index in [1.807, 2.05) is 49.6 Å². The zero-order valence-electron chi connectivity index (χ0n) is 19.8. The van der Waals surface area contributed by atoms with Gasteiger partial charge < -0.3 is 9.47 Å². The van der Waals surface area contributed by atoms with Gasteiger partial charge in [-0.1, -0.05) is 0 Å². The van der Waals surface area contributed by atoms with Crippen LogP contribution in [-0.2, 0) is 18.4 Å². The first kappa shape index (κ1) is 23.2. The maximum Gasteiger partial charge on any atom is 0.338 e. The van der Waals surface area contributed by atoms with Crippen molar-refractivity contribution in [2.75, 3.05) is 6.61 Å². The monoisotopic (exact) mass is 482 g/mol. The molecule has 0 aliphatic heterocycles. The lowest BCUT2D eigenvalue weighted by molar-refractivity contribution is 0.0528. The molecule has 0 bridgehead atoms. The first-order valence-corrected chi connectivity index (χ1v) is 11.5. The summed E-state index contributed by atoms with van der Waals surface area (Å²) in [5, 5.41) is 5.04. The number of carbonyl (C=O) groups is 1. The molecule has 180 valence electrons. The molecule has 7 nitrogen and oxygen atoms in total. The third-order valence-electron chi connectivity index (χ3n) is 5.65. The van der Waals surface area contributed by atoms with Crippen LogP contribution < -0.4 is 4.74 Å². The minimum atomic E-state index is -0.526. The Morgan fingerprint density at radius 1 is 1.00 bits per heavy atom. The number of nitrogens with zero attached hydrogens (tertiary/aromatic N) is 4. The summed E-state index contributed by atoms with van der Waals surface area (Å²) in [6, 6.07) is 17.3. The van der Waals surface area contributed by atoms with Gasteiger partial charge in [0.15, 0.2) is 0 Å². The molecule has 0 aliphatic carbocycles. The normalized spacial score (nSPS) is 11.0. The molecule has 3 aromatic heterocycles. The van der Waals surface area contributed by atoms with E-state index in [4.69, 9.17) is 9.47 Å². The van der Waals surface area contributed by atoms with Crippen LogP contribution in [0.1, 0.15) is 23.0 Å². The van der Waals surface area contributed by atoms with Crippen molar-refractivity contribution in [3.05, 3.63) is 96.3 Å². The lowest BCUT2D eigenvalue weighted by Crippen LogP contribution is -2.08. The third-order valence-corrected chi connectivity index (χ3v) is 5.65. The van der Waals surface area contributed by atoms with Gasteiger partial charge in [-0.2, -0.15) is 5.10 Å². The van der Waals surface area contributed by atoms with E-state index in [9.17, 15) is 9.18 Å². The highest BCUT2D eigenvalue weighted by Crippen LogP contribution is 2.31. The summed E-state index contributed by atoms with van der Waals surface area (Å²) in [5.41, 5.74) is 5.14. The molecule has 2 aromatic carbocycles. The lowest BCUT2D eigenvalue weighted by atomic mass is 10.0. The van der Waals surface area contributed by atoms with Crippen LogP contribution in [0.2, 0.25) is 0 Å². The van der Waals surface area contributed by atoms with E-state index in [0.29, 0.717) is 22.3 Å². The maximum atomic E-state index is 13.8. The Morgan fingerprint density at radius 2 is 1.78 bits per heavy atom. The Morgan fingerprint density at radius 3 is 2.53 bits per heavy atom. The standard InChI is InChI=1S/C28H23FN4O3/c1-3-35-28(34)24-15-21(31-26-9-6-20(29)14-23(24)26)17-36-22-7-4-19(5-8-22)27-25(16-33(2)32-27)18-10-12-30-13-11-18/h4-16H,3,17H2,1-2H3. The Bertz CT molecular complexity index is 1530. The molecule has 0 fully saturated rings. The van der Waals surface area contributed by atoms with Crippen LogP contribution in [0.15, 0.2) is 79.3 Å². The minimum Gasteiger partial charge on any atom is -0.487 e. The van der Waals surface area contributed by atoms with Crippen LogP contribution in [0, 0.1) is 5.82 Å². The quantitative estimate of drug-likeness (QED) is 0.281. The van der Waals surface area contributed by atoms with Gasteiger partial charge in [0.2, 0.25) is 0 Å². The number of ether oxygens (including phenoxy) is 2. The van der Waals surface area contributed by atoms with Gasteiger partial charge in [-0.25, -0.2) is 14.2 Å². The van der Waals surface area contributed by atoms with Gasteiger partial charge in [-0.15, -0.1) is 0 Å². The zero-order chi connectivity index (χ0) is 25.1. The predicted molar refractivity (Wildman–Crippen MR) is 134 cm³/mol. The molecule has 0 N–H and O–H groups in total. The highest BCUT2D eigenvalue weighted by Gasteiger charge is 2.16. The lowest BCUT2D eigenvalue weighted by Gasteiger charge is -2.11. The highest BCUT2D eigenvalue weighted by molar-refractivity contribution is 6.03. The SMILES string of the molecule is CCOC(=O)c1cc(COc2ccc(-c3nn(C)cc3-c3ccncc3)cc2)nc2ccc(F)cc12. The number of rotatable bonds is 7. The molecule has 0 amide bonds. The smallest absolute Gasteiger partial charge is 0.338 e. The Kier molecular flexibility index (Phi) is 6.40. The maximum absolute atomic E-state index is 13.8. The van der Waals surface area contributed by atoms with Crippen molar-refractivity contribution in [2.24, 2.45) is 7.05 Å². The predicted octanol–water partition coefficient (Wildman–Crippen LogP) is 5.59. The first-order chi connectivity index (χ1) is 17.5. The molecule has 3 heterocycles. The van der Waals surface area contributed by atoms with Gasteiger partial charge in [0.1, 0.15) is 23.9 Å². The number of esters is 1. The number of aryl methyl sites for hydroxylation is 1. The summed E-state index contributed by atoms with van der Waals surface area (Å²) in [6.07, 6.45) is 5.49. The molecule has 0 saturated heterocycles. The fourth-order valence-corrected chi connectivity index (χ4v) is 4.02. The number of pyridine rings is 2. The second-order valence-electron chi connectivity index (χ2n) is 8.16. The molecule has 0 atom stereocenters. The topological polar surface area (TPSA) is 79.1 Å². The molecule has 36 heavy (non-hydrogen) atoms. The van der Waals surface area contributed by atoms with Crippen LogP contribution >= 0.6 is 0 Å². The Balaban J connectivity index is 1.38. The van der Waals surface area contributed by atoms with Crippen LogP contribution in [0.25, 0.3) is 33.3 Å². The van der Waals surface area contributed by atoms with E-state index < -0.39 is 11.8 Å². The molecule has 0 aliphatic rings. The summed E-state index contributed by atoms with van der Waals surface area (Å²) >= 11 is 0. The fourth-order valence-electron chi connectivity index (χ4n) is 4.02. The summed E-state index contributed by atoms with van der Waals surface area (Å²) in [5.74, 6) is -0.334. The second kappa shape index (κ2) is 9.95. The summed E-state index contributed by atoms with van der Waals surface area (Å²) in [7, 11) is 1.89. The van der Waals surface area contributed by atoms with Crippen molar-refractivity contribution < 1.29 is 18.7 Å². The first-order valence-electron chi connectivity index (χ1n) is 11.5. The van der Waals surface area contributed by atoms with Gasteiger partial charge in [0.25, 0.3) is 0 Å². The number of halogens is 1. The highest BCUT2D eigenvalue weighted by atomic mass is 19.1. The van der Waals surface area contributed by atoms with E-state index in [2.05, 4.69) is 15.1 Å². The van der Waals surface area contributed by atoms with Gasteiger partial charge in [-0.05, 0) is 73.2 Å². The summed E-state index contributed by atoms with van der Waals surface area (Å²) < 4.78 is 26.7. The second-order valence-corrected chi connectivity index (χ2v) is 8.16. The molecule has 0 saturated carbocycles. The molecule has 8 heteroatoms. The van der Waals surface area contributed by atoms with Crippen molar-refractivity contribution in [2.45, 2.75) is 13.5 Å². The van der Waals surface area contributed by atoms with E-state index in [0.717, 1.165) is 22.4 Å². The number of hydrogen-bond acceptors (Lipinski definition) is 6. The molecule has 0 spiro atoms. The molecule has 0 unspecified atom stereocenters. The minimum absolute atomic E-state index is 0.130. The Labute approximate surface area is 207 Å². The summed E-state index contributed by atoms with van der Waals surface area (Å²) in [4.78, 5) is 21.1. The fraction of sp³-hybridized carbons (Fsp3) is 0.143. The van der Waals surface area contributed by atoms with E-state index in [1.165, 1.54) is 12.1 Å². The van der Waals surface area contributed by atoms with E-state index >= 15 is 0 Å².